The number of hydrogen-bond acceptors (Lipinski definition) is 5. The van der Waals surface area contributed by atoms with Crippen LogP contribution in [0.2, 0.25) is 25.7 Å². The highest BCUT2D eigenvalue weighted by atomic mass is 28.3. The molecule has 1 aliphatic heterocycles. The molecule has 1 saturated heterocycles. The molecule has 1 aliphatic rings. The molecule has 1 N–H and O–H groups in total. The lowest BCUT2D eigenvalue weighted by Crippen LogP contribution is -2.36. The molecule has 9 heteroatoms. The maximum Gasteiger partial charge on any atom is 0.410 e. The number of imidazole rings is 2. The number of H-pyrrole nitrogens is 1. The van der Waals surface area contributed by atoms with E-state index in [0.717, 1.165) is 65.0 Å². The van der Waals surface area contributed by atoms with Crippen molar-refractivity contribution >= 4 is 14.2 Å². The van der Waals surface area contributed by atoms with Crippen molar-refractivity contribution in [1.29, 1.82) is 0 Å². The molecule has 2 aromatic heterocycles. The molecule has 1 fully saturated rings. The van der Waals surface area contributed by atoms with Gasteiger partial charge in [-0.1, -0.05) is 68.2 Å². The molecule has 222 valence electrons. The van der Waals surface area contributed by atoms with Crippen LogP contribution < -0.4 is 0 Å². The van der Waals surface area contributed by atoms with Gasteiger partial charge in [-0.2, -0.15) is 0 Å². The summed E-state index contributed by atoms with van der Waals surface area (Å²) in [4.78, 5) is 27.0. The maximum absolute atomic E-state index is 12.7. The SMILES string of the molecule is CC(C)(C)OC(=O)N1CCC[C@@H]1c1ncc(-c2ccc(-c3ccc(-c4cncn4COCC[Si](C)(C)C)cc3)cc2)[nH]1. The zero-order chi connectivity index (χ0) is 29.9. The lowest BCUT2D eigenvalue weighted by Gasteiger charge is -2.27. The van der Waals surface area contributed by atoms with E-state index in [4.69, 9.17) is 9.47 Å². The summed E-state index contributed by atoms with van der Waals surface area (Å²) >= 11 is 0. The zero-order valence-electron chi connectivity index (χ0n) is 25.7. The fraction of sp³-hybridized carbons (Fsp3) is 0.424. The molecular weight excluding hydrogens is 542 g/mol. The van der Waals surface area contributed by atoms with Crippen LogP contribution in [-0.2, 0) is 16.2 Å². The van der Waals surface area contributed by atoms with Gasteiger partial charge >= 0.3 is 6.09 Å². The molecule has 1 amide bonds. The Morgan fingerprint density at radius 3 is 2.26 bits per heavy atom. The topological polar surface area (TPSA) is 85.3 Å². The lowest BCUT2D eigenvalue weighted by atomic mass is 10.0. The summed E-state index contributed by atoms with van der Waals surface area (Å²) < 4.78 is 13.6. The Morgan fingerprint density at radius 1 is 0.976 bits per heavy atom. The van der Waals surface area contributed by atoms with Crippen molar-refractivity contribution in [2.24, 2.45) is 0 Å². The Bertz CT molecular complexity index is 1480. The van der Waals surface area contributed by atoms with Crippen molar-refractivity contribution in [2.45, 2.75) is 77.7 Å². The number of benzene rings is 2. The number of hydrogen-bond donors (Lipinski definition) is 1. The number of likely N-dealkylation sites (tertiary alicyclic amines) is 1. The Labute approximate surface area is 250 Å². The first-order valence-electron chi connectivity index (χ1n) is 14.8. The van der Waals surface area contributed by atoms with Crippen LogP contribution in [0, 0.1) is 0 Å². The molecule has 5 rings (SSSR count). The Hall–Kier alpha value is -3.69. The molecule has 0 radical (unpaired) electrons. The van der Waals surface area contributed by atoms with E-state index in [1.165, 1.54) is 0 Å². The zero-order valence-corrected chi connectivity index (χ0v) is 26.7. The number of rotatable bonds is 9. The quantitative estimate of drug-likeness (QED) is 0.159. The van der Waals surface area contributed by atoms with Crippen LogP contribution in [0.25, 0.3) is 33.6 Å². The lowest BCUT2D eigenvalue weighted by molar-refractivity contribution is 0.0218. The molecule has 42 heavy (non-hydrogen) atoms. The molecule has 0 spiro atoms. The van der Waals surface area contributed by atoms with Crippen LogP contribution in [-0.4, -0.2) is 57.3 Å². The Kier molecular flexibility index (Phi) is 8.70. The fourth-order valence-corrected chi connectivity index (χ4v) is 5.88. The highest BCUT2D eigenvalue weighted by Gasteiger charge is 2.34. The van der Waals surface area contributed by atoms with Gasteiger partial charge < -0.3 is 19.0 Å². The first-order valence-corrected chi connectivity index (χ1v) is 18.5. The van der Waals surface area contributed by atoms with E-state index in [1.54, 1.807) is 4.90 Å². The highest BCUT2D eigenvalue weighted by molar-refractivity contribution is 6.76. The van der Waals surface area contributed by atoms with Gasteiger partial charge in [0.15, 0.2) is 0 Å². The van der Waals surface area contributed by atoms with Gasteiger partial charge in [0.05, 0.1) is 36.2 Å². The average Bonchev–Trinajstić information content (AvgIpc) is 3.70. The first kappa shape index (κ1) is 29.8. The summed E-state index contributed by atoms with van der Waals surface area (Å²) in [7, 11) is -1.11. The van der Waals surface area contributed by atoms with E-state index >= 15 is 0 Å². The normalized spacial score (nSPS) is 15.8. The van der Waals surface area contributed by atoms with Gasteiger partial charge in [0.1, 0.15) is 18.2 Å². The summed E-state index contributed by atoms with van der Waals surface area (Å²) in [5.41, 5.74) is 5.90. The summed E-state index contributed by atoms with van der Waals surface area (Å²) in [5.74, 6) is 0.800. The summed E-state index contributed by atoms with van der Waals surface area (Å²) in [6.07, 6.45) is 7.09. The molecule has 4 aromatic rings. The minimum Gasteiger partial charge on any atom is -0.444 e. The van der Waals surface area contributed by atoms with E-state index < -0.39 is 13.7 Å². The van der Waals surface area contributed by atoms with E-state index in [2.05, 4.69) is 87.7 Å². The van der Waals surface area contributed by atoms with Gasteiger partial charge in [0, 0.05) is 21.2 Å². The van der Waals surface area contributed by atoms with Crippen LogP contribution in [0.3, 0.4) is 0 Å². The third kappa shape index (κ3) is 7.38. The van der Waals surface area contributed by atoms with E-state index in [9.17, 15) is 4.79 Å². The van der Waals surface area contributed by atoms with Crippen LogP contribution in [0.15, 0.2) is 67.3 Å². The number of carbonyl (C=O) groups is 1. The molecule has 0 saturated carbocycles. The van der Waals surface area contributed by atoms with Gasteiger partial charge in [-0.3, -0.25) is 4.90 Å². The Balaban J connectivity index is 1.23. The second kappa shape index (κ2) is 12.3. The number of aromatic nitrogens is 4. The number of nitrogens with zero attached hydrogens (tertiary/aromatic N) is 4. The summed E-state index contributed by atoms with van der Waals surface area (Å²) in [5, 5.41) is 0. The van der Waals surface area contributed by atoms with Crippen molar-refractivity contribution in [1.82, 2.24) is 24.4 Å². The third-order valence-electron chi connectivity index (χ3n) is 7.44. The minimum absolute atomic E-state index is 0.0978. The maximum atomic E-state index is 12.7. The van der Waals surface area contributed by atoms with Crippen LogP contribution in [0.1, 0.15) is 45.5 Å². The molecule has 3 heterocycles. The predicted octanol–water partition coefficient (Wildman–Crippen LogP) is 7.99. The van der Waals surface area contributed by atoms with Gasteiger partial charge in [-0.15, -0.1) is 0 Å². The van der Waals surface area contributed by atoms with Crippen molar-refractivity contribution in [2.75, 3.05) is 13.2 Å². The number of ether oxygens (including phenoxy) is 2. The smallest absolute Gasteiger partial charge is 0.410 e. The second-order valence-corrected chi connectivity index (χ2v) is 18.9. The Morgan fingerprint density at radius 2 is 1.62 bits per heavy atom. The van der Waals surface area contributed by atoms with Gasteiger partial charge in [-0.05, 0) is 61.9 Å². The standard InChI is InChI=1S/C33H43N5O3Si/c1-33(2,3)41-32(39)38-17-7-8-29(38)31-35-20-28(36-31)26-13-9-24(10-14-26)25-11-15-27(16-12-25)30-21-34-22-37(30)23-40-18-19-42(4,5)6/h9-16,20-22,29H,7-8,17-19,23H2,1-6H3,(H,35,36)/t29-/m1/s1. The third-order valence-corrected chi connectivity index (χ3v) is 9.15. The van der Waals surface area contributed by atoms with Gasteiger partial charge in [0.25, 0.3) is 0 Å². The molecule has 8 nitrogen and oxygen atoms in total. The van der Waals surface area contributed by atoms with Crippen LogP contribution in [0.4, 0.5) is 4.79 Å². The van der Waals surface area contributed by atoms with E-state index in [-0.39, 0.29) is 12.1 Å². The number of amides is 1. The molecule has 2 aromatic carbocycles. The molecule has 0 unspecified atom stereocenters. The monoisotopic (exact) mass is 585 g/mol. The number of nitrogens with one attached hydrogen (secondary N) is 1. The van der Waals surface area contributed by atoms with Crippen molar-refractivity contribution in [3.63, 3.8) is 0 Å². The van der Waals surface area contributed by atoms with E-state index in [1.807, 2.05) is 39.5 Å². The largest absolute Gasteiger partial charge is 0.444 e. The van der Waals surface area contributed by atoms with E-state index in [0.29, 0.717) is 13.3 Å². The molecular formula is C33H43N5O3Si. The second-order valence-electron chi connectivity index (χ2n) is 13.3. The van der Waals surface area contributed by atoms with Crippen molar-refractivity contribution in [3.05, 3.63) is 73.1 Å². The number of aromatic amines is 1. The molecule has 1 atom stereocenters. The van der Waals surface area contributed by atoms with Crippen LogP contribution >= 0.6 is 0 Å². The number of carbonyl (C=O) groups excluding carboxylic acids is 1. The predicted molar refractivity (Wildman–Crippen MR) is 170 cm³/mol. The summed E-state index contributed by atoms with van der Waals surface area (Å²) in [6.45, 7) is 14.7. The summed E-state index contributed by atoms with van der Waals surface area (Å²) in [6, 6.07) is 18.1. The fourth-order valence-electron chi connectivity index (χ4n) is 5.12. The molecule has 0 aliphatic carbocycles. The van der Waals surface area contributed by atoms with Crippen LogP contribution in [0.5, 0.6) is 0 Å². The van der Waals surface area contributed by atoms with Gasteiger partial charge in [-0.25, -0.2) is 14.8 Å². The molecule has 0 bridgehead atoms. The minimum atomic E-state index is -1.11. The van der Waals surface area contributed by atoms with Gasteiger partial charge in [0.2, 0.25) is 0 Å². The van der Waals surface area contributed by atoms with Crippen molar-refractivity contribution in [3.8, 4) is 33.6 Å². The highest BCUT2D eigenvalue weighted by Crippen LogP contribution is 2.33. The van der Waals surface area contributed by atoms with Crippen molar-refractivity contribution < 1.29 is 14.3 Å². The first-order chi connectivity index (χ1) is 20.0. The average molecular weight is 586 g/mol.